The molecule has 2 aliphatic rings. The van der Waals surface area contributed by atoms with Gasteiger partial charge >= 0.3 is 5.97 Å². The van der Waals surface area contributed by atoms with Crippen LogP contribution in [-0.4, -0.2) is 91.6 Å². The van der Waals surface area contributed by atoms with Crippen LogP contribution in [0.15, 0.2) is 29.2 Å². The van der Waals surface area contributed by atoms with E-state index in [-0.39, 0.29) is 41.7 Å². The lowest BCUT2D eigenvalue weighted by Gasteiger charge is -2.32. The van der Waals surface area contributed by atoms with E-state index in [1.54, 1.807) is 11.8 Å². The fourth-order valence-electron chi connectivity index (χ4n) is 4.94. The maximum absolute atomic E-state index is 13.5. The van der Waals surface area contributed by atoms with Gasteiger partial charge in [-0.2, -0.15) is 4.31 Å². The Bertz CT molecular complexity index is 1050. The number of nitrogens with zero attached hydrogens (tertiary/aromatic N) is 3. The molecule has 0 atom stereocenters. The van der Waals surface area contributed by atoms with Gasteiger partial charge in [0.1, 0.15) is 5.75 Å². The second-order valence-electron chi connectivity index (χ2n) is 9.70. The van der Waals surface area contributed by atoms with Crippen molar-refractivity contribution in [2.24, 2.45) is 5.92 Å². The Labute approximate surface area is 224 Å². The van der Waals surface area contributed by atoms with Crippen LogP contribution < -0.4 is 4.74 Å². The molecule has 0 unspecified atom stereocenters. The molecule has 1 N–H and O–H groups in total. The Kier molecular flexibility index (Phi) is 10.9. The van der Waals surface area contributed by atoms with Crippen LogP contribution in [0.1, 0.15) is 58.3 Å². The van der Waals surface area contributed by atoms with Crippen molar-refractivity contribution in [2.45, 2.75) is 69.2 Å². The average molecular weight is 554 g/mol. The van der Waals surface area contributed by atoms with Crippen molar-refractivity contribution in [1.29, 1.82) is 0 Å². The lowest BCUT2D eigenvalue weighted by atomic mass is 9.95. The molecule has 1 aliphatic carbocycles. The smallest absolute Gasteiger partial charge is 0.309 e. The number of likely N-dealkylation sites (tertiary alicyclic amines) is 1. The molecule has 1 aliphatic heterocycles. The van der Waals surface area contributed by atoms with Crippen LogP contribution >= 0.6 is 0 Å². The number of hydrogen-bond acceptors (Lipinski definition) is 8. The SMILES string of the molecule is CCOC(=O)C1CCN(C(=O)CCN(CC(=O)N(O)C2CCCCC2)S(=O)(=O)c2ccc(OC)cc2)CC1. The van der Waals surface area contributed by atoms with Gasteiger partial charge in [-0.15, -0.1) is 0 Å². The van der Waals surface area contributed by atoms with Gasteiger partial charge in [0.2, 0.25) is 15.9 Å². The first-order valence-electron chi connectivity index (χ1n) is 13.3. The summed E-state index contributed by atoms with van der Waals surface area (Å²) in [5.41, 5.74) is 0. The number of methoxy groups -OCH3 is 1. The summed E-state index contributed by atoms with van der Waals surface area (Å²) in [5.74, 6) is -1.02. The minimum Gasteiger partial charge on any atom is -0.497 e. The second-order valence-corrected chi connectivity index (χ2v) is 11.6. The molecule has 1 aromatic carbocycles. The van der Waals surface area contributed by atoms with E-state index in [1.165, 1.54) is 31.4 Å². The predicted octanol–water partition coefficient (Wildman–Crippen LogP) is 2.43. The van der Waals surface area contributed by atoms with E-state index >= 15 is 0 Å². The number of amides is 2. The van der Waals surface area contributed by atoms with Crippen molar-refractivity contribution in [1.82, 2.24) is 14.3 Å². The molecular weight excluding hydrogens is 514 g/mol. The van der Waals surface area contributed by atoms with Gasteiger partial charge in [-0.05, 0) is 56.9 Å². The third-order valence-corrected chi connectivity index (χ3v) is 9.09. The van der Waals surface area contributed by atoms with Crippen molar-refractivity contribution in [2.75, 3.05) is 39.9 Å². The maximum Gasteiger partial charge on any atom is 0.309 e. The van der Waals surface area contributed by atoms with E-state index in [4.69, 9.17) is 9.47 Å². The fraction of sp³-hybridized carbons (Fsp3) is 0.654. The van der Waals surface area contributed by atoms with Gasteiger partial charge in [-0.3, -0.25) is 19.6 Å². The van der Waals surface area contributed by atoms with Crippen LogP contribution in [0, 0.1) is 5.92 Å². The average Bonchev–Trinajstić information content (AvgIpc) is 2.95. The normalized spacial score (nSPS) is 17.3. The number of ether oxygens (including phenoxy) is 2. The molecule has 2 amide bonds. The quantitative estimate of drug-likeness (QED) is 0.251. The molecule has 12 heteroatoms. The van der Waals surface area contributed by atoms with Gasteiger partial charge in [0.05, 0.1) is 37.1 Å². The summed E-state index contributed by atoms with van der Waals surface area (Å²) in [6.45, 7) is 1.99. The van der Waals surface area contributed by atoms with Gasteiger partial charge in [-0.25, -0.2) is 13.5 Å². The van der Waals surface area contributed by atoms with Crippen molar-refractivity contribution in [3.8, 4) is 5.75 Å². The van der Waals surface area contributed by atoms with E-state index < -0.39 is 22.5 Å². The van der Waals surface area contributed by atoms with Gasteiger partial charge in [-0.1, -0.05) is 19.3 Å². The van der Waals surface area contributed by atoms with Crippen LogP contribution in [0.3, 0.4) is 0 Å². The van der Waals surface area contributed by atoms with Crippen molar-refractivity contribution in [3.63, 3.8) is 0 Å². The van der Waals surface area contributed by atoms with Gasteiger partial charge < -0.3 is 14.4 Å². The van der Waals surface area contributed by atoms with Crippen LogP contribution in [0.5, 0.6) is 5.75 Å². The van der Waals surface area contributed by atoms with Gasteiger partial charge in [0.25, 0.3) is 5.91 Å². The first-order valence-corrected chi connectivity index (χ1v) is 14.7. The molecule has 0 radical (unpaired) electrons. The number of carbonyl (C=O) groups is 3. The van der Waals surface area contributed by atoms with Crippen LogP contribution in [0.2, 0.25) is 0 Å². The largest absolute Gasteiger partial charge is 0.497 e. The highest BCUT2D eigenvalue weighted by atomic mass is 32.2. The predicted molar refractivity (Wildman–Crippen MR) is 138 cm³/mol. The highest BCUT2D eigenvalue weighted by molar-refractivity contribution is 7.89. The minimum atomic E-state index is -4.15. The number of esters is 1. The molecule has 0 spiro atoms. The number of hydrogen-bond donors (Lipinski definition) is 1. The number of rotatable bonds is 11. The zero-order valence-corrected chi connectivity index (χ0v) is 23.0. The van der Waals surface area contributed by atoms with Gasteiger partial charge in [0.15, 0.2) is 0 Å². The zero-order chi connectivity index (χ0) is 27.7. The number of benzene rings is 1. The Balaban J connectivity index is 1.69. The van der Waals surface area contributed by atoms with Crippen LogP contribution in [-0.2, 0) is 29.1 Å². The number of piperidine rings is 1. The van der Waals surface area contributed by atoms with Crippen LogP contribution in [0.4, 0.5) is 0 Å². The number of sulfonamides is 1. The molecule has 0 aromatic heterocycles. The molecule has 1 saturated carbocycles. The summed E-state index contributed by atoms with van der Waals surface area (Å²) in [6.07, 6.45) is 4.97. The van der Waals surface area contributed by atoms with E-state index in [2.05, 4.69) is 0 Å². The Hall–Kier alpha value is -2.70. The van der Waals surface area contributed by atoms with E-state index in [9.17, 15) is 28.0 Å². The van der Waals surface area contributed by atoms with E-state index in [0.717, 1.165) is 23.6 Å². The molecule has 11 nitrogen and oxygen atoms in total. The third-order valence-electron chi connectivity index (χ3n) is 7.23. The second kappa shape index (κ2) is 13.9. The van der Waals surface area contributed by atoms with E-state index in [1.807, 2.05) is 0 Å². The summed E-state index contributed by atoms with van der Waals surface area (Å²) >= 11 is 0. The monoisotopic (exact) mass is 553 g/mol. The molecule has 3 rings (SSSR count). The summed E-state index contributed by atoms with van der Waals surface area (Å²) in [4.78, 5) is 39.4. The van der Waals surface area contributed by atoms with Crippen molar-refractivity contribution in [3.05, 3.63) is 24.3 Å². The lowest BCUT2D eigenvalue weighted by Crippen LogP contribution is -2.47. The molecule has 1 saturated heterocycles. The fourth-order valence-corrected chi connectivity index (χ4v) is 6.33. The maximum atomic E-state index is 13.5. The molecule has 0 bridgehead atoms. The molecule has 1 aromatic rings. The van der Waals surface area contributed by atoms with Crippen molar-refractivity contribution < 1.29 is 37.5 Å². The molecular formula is C26H39N3O8S. The minimum absolute atomic E-state index is 0.0454. The topological polar surface area (TPSA) is 134 Å². The van der Waals surface area contributed by atoms with Crippen LogP contribution in [0.25, 0.3) is 0 Å². The lowest BCUT2D eigenvalue weighted by molar-refractivity contribution is -0.178. The van der Waals surface area contributed by atoms with Crippen molar-refractivity contribution >= 4 is 27.8 Å². The molecule has 212 valence electrons. The third kappa shape index (κ3) is 7.67. The zero-order valence-electron chi connectivity index (χ0n) is 22.2. The number of hydroxylamine groups is 2. The highest BCUT2D eigenvalue weighted by Gasteiger charge is 2.33. The first-order chi connectivity index (χ1) is 18.2. The Morgan fingerprint density at radius 1 is 1.03 bits per heavy atom. The summed E-state index contributed by atoms with van der Waals surface area (Å²) in [5, 5.41) is 11.2. The van der Waals surface area contributed by atoms with Gasteiger partial charge in [0, 0.05) is 26.1 Å². The molecule has 2 fully saturated rings. The summed E-state index contributed by atoms with van der Waals surface area (Å²) in [6, 6.07) is 5.43. The highest BCUT2D eigenvalue weighted by Crippen LogP contribution is 2.24. The summed E-state index contributed by atoms with van der Waals surface area (Å²) < 4.78 is 38.1. The Morgan fingerprint density at radius 2 is 1.66 bits per heavy atom. The number of carbonyl (C=O) groups excluding carboxylic acids is 3. The molecule has 1 heterocycles. The standard InChI is InChI=1S/C26H39N3O8S/c1-3-37-26(32)20-13-16-27(17-14-20)24(30)15-18-28(19-25(31)29(33)21-7-5-4-6-8-21)38(34,35)23-11-9-22(36-2)10-12-23/h9-12,20-21,33H,3-8,13-19H2,1-2H3. The van der Waals surface area contributed by atoms with E-state index in [0.29, 0.717) is 56.2 Å². The Morgan fingerprint density at radius 3 is 2.24 bits per heavy atom. The first kappa shape index (κ1) is 29.9. The molecule has 38 heavy (non-hydrogen) atoms. The summed E-state index contributed by atoms with van der Waals surface area (Å²) in [7, 11) is -2.68.